The SMILES string of the molecule is C1=CC2NC(n3c4ccccc4c4c5c6ccccc6n(-c6ccccc6)c5c5c6ccccc6n(-c6ccccc6)c5c43)=NC3=C2C(=C1)Sc1ccccc13. The van der Waals surface area contributed by atoms with Crippen molar-refractivity contribution in [3.63, 3.8) is 0 Å². The molecule has 5 nitrogen and oxygen atoms in total. The summed E-state index contributed by atoms with van der Waals surface area (Å²) in [7, 11) is 0. The summed E-state index contributed by atoms with van der Waals surface area (Å²) in [4.78, 5) is 8.17. The van der Waals surface area contributed by atoms with Crippen LogP contribution >= 0.6 is 11.8 Å². The van der Waals surface area contributed by atoms with Crippen molar-refractivity contribution in [1.82, 2.24) is 19.0 Å². The molecule has 0 bridgehead atoms. The van der Waals surface area contributed by atoms with Crippen molar-refractivity contribution in [3.05, 3.63) is 192 Å². The summed E-state index contributed by atoms with van der Waals surface area (Å²) in [5.41, 5.74) is 12.7. The van der Waals surface area contributed by atoms with E-state index in [2.05, 4.69) is 195 Å². The minimum absolute atomic E-state index is 0.0197. The van der Waals surface area contributed by atoms with Crippen molar-refractivity contribution in [2.24, 2.45) is 4.99 Å². The second kappa shape index (κ2) is 11.3. The Balaban J connectivity index is 1.31. The van der Waals surface area contributed by atoms with Crippen molar-refractivity contribution < 1.29 is 0 Å². The molecule has 0 saturated heterocycles. The predicted octanol–water partition coefficient (Wildman–Crippen LogP) is 12.1. The van der Waals surface area contributed by atoms with Gasteiger partial charge in [-0.2, -0.15) is 0 Å². The highest BCUT2D eigenvalue weighted by Gasteiger charge is 2.35. The van der Waals surface area contributed by atoms with Crippen molar-refractivity contribution in [2.75, 3.05) is 0 Å². The van der Waals surface area contributed by atoms with Gasteiger partial charge >= 0.3 is 0 Å². The third kappa shape index (κ3) is 3.93. The normalized spacial score (nSPS) is 16.2. The smallest absolute Gasteiger partial charge is 0.209 e. The van der Waals surface area contributed by atoms with E-state index in [-0.39, 0.29) is 6.04 Å². The molecule has 1 aliphatic carbocycles. The van der Waals surface area contributed by atoms with Gasteiger partial charge < -0.3 is 14.5 Å². The second-order valence-electron chi connectivity index (χ2n) is 14.7. The molecule has 0 fully saturated rings. The van der Waals surface area contributed by atoms with E-state index in [1.807, 2.05) is 11.8 Å². The van der Waals surface area contributed by atoms with Gasteiger partial charge in [-0.05, 0) is 54.6 Å². The third-order valence-electron chi connectivity index (χ3n) is 11.8. The van der Waals surface area contributed by atoms with Crippen LogP contribution in [0.4, 0.5) is 0 Å². The molecule has 3 aromatic heterocycles. The van der Waals surface area contributed by atoms with E-state index in [4.69, 9.17) is 4.99 Å². The van der Waals surface area contributed by atoms with E-state index >= 15 is 0 Å². The number of fused-ring (bicyclic) bond motifs is 14. The molecule has 0 radical (unpaired) electrons. The molecule has 1 N–H and O–H groups in total. The van der Waals surface area contributed by atoms with Crippen LogP contribution in [0.2, 0.25) is 0 Å². The monoisotopic (exact) mass is 733 g/mol. The van der Waals surface area contributed by atoms with Gasteiger partial charge in [-0.25, -0.2) is 4.99 Å². The first-order valence-electron chi connectivity index (χ1n) is 19.1. The molecule has 262 valence electrons. The van der Waals surface area contributed by atoms with Gasteiger partial charge in [0.1, 0.15) is 0 Å². The quantitative estimate of drug-likeness (QED) is 0.192. The number of allylic oxidation sites excluding steroid dienone is 2. The molecule has 1 atom stereocenters. The van der Waals surface area contributed by atoms with E-state index in [1.54, 1.807) is 0 Å². The van der Waals surface area contributed by atoms with E-state index in [0.717, 1.165) is 45.1 Å². The number of hydrogen-bond acceptors (Lipinski definition) is 3. The standard InChI is InChI=1S/C50H31N5S/c1-3-16-30(17-4-1)53-37-25-11-7-20-32(37)42-43-33-21-8-13-27-39(33)55(50-51-36-24-15-29-41-45(36)46(52-50)35-23-10-14-28-40(35)56-41)48(43)49-44(47(42)53)34-22-9-12-26-38(34)54(49)31-18-5-2-6-19-31/h1-29,36H,(H,51,52). The van der Waals surface area contributed by atoms with Gasteiger partial charge in [0.25, 0.3) is 0 Å². The Kier molecular flexibility index (Phi) is 6.10. The number of nitrogens with zero attached hydrogens (tertiary/aromatic N) is 4. The van der Waals surface area contributed by atoms with Crippen LogP contribution in [0.25, 0.3) is 82.5 Å². The lowest BCUT2D eigenvalue weighted by Gasteiger charge is -2.34. The molecule has 5 heterocycles. The van der Waals surface area contributed by atoms with Crippen molar-refractivity contribution in [2.45, 2.75) is 10.9 Å². The van der Waals surface area contributed by atoms with Gasteiger partial charge in [-0.15, -0.1) is 0 Å². The Morgan fingerprint density at radius 2 is 1.02 bits per heavy atom. The van der Waals surface area contributed by atoms with E-state index in [9.17, 15) is 0 Å². The lowest BCUT2D eigenvalue weighted by molar-refractivity contribution is 0.800. The van der Waals surface area contributed by atoms with Gasteiger partial charge in [-0.3, -0.25) is 4.57 Å². The number of rotatable bonds is 2. The number of nitrogens with one attached hydrogen (secondary N) is 1. The molecule has 0 spiro atoms. The van der Waals surface area contributed by atoms with Gasteiger partial charge in [-0.1, -0.05) is 133 Å². The Morgan fingerprint density at radius 3 is 1.70 bits per heavy atom. The summed E-state index contributed by atoms with van der Waals surface area (Å²) in [6.07, 6.45) is 6.70. The van der Waals surface area contributed by atoms with Crippen molar-refractivity contribution in [3.8, 4) is 11.4 Å². The maximum atomic E-state index is 5.67. The molecule has 56 heavy (non-hydrogen) atoms. The van der Waals surface area contributed by atoms with Crippen LogP contribution in [-0.4, -0.2) is 25.7 Å². The highest BCUT2D eigenvalue weighted by molar-refractivity contribution is 8.03. The van der Waals surface area contributed by atoms with E-state index < -0.39 is 0 Å². The van der Waals surface area contributed by atoms with Gasteiger partial charge in [0.15, 0.2) is 0 Å². The summed E-state index contributed by atoms with van der Waals surface area (Å²) in [5.74, 6) is 0.824. The van der Waals surface area contributed by atoms with E-state index in [0.29, 0.717) is 0 Å². The fourth-order valence-electron chi connectivity index (χ4n) is 9.65. The summed E-state index contributed by atoms with van der Waals surface area (Å²) in [6, 6.07) is 57.1. The number of benzene rings is 7. The van der Waals surface area contributed by atoms with Crippen LogP contribution in [0.3, 0.4) is 0 Å². The molecular weight excluding hydrogens is 703 g/mol. The fourth-order valence-corrected chi connectivity index (χ4v) is 10.8. The van der Waals surface area contributed by atoms with Crippen LogP contribution in [0, 0.1) is 0 Å². The van der Waals surface area contributed by atoms with E-state index in [1.165, 1.54) is 64.3 Å². The number of aliphatic imine (C=N–C) groups is 1. The molecule has 7 aromatic carbocycles. The van der Waals surface area contributed by atoms with Gasteiger partial charge in [0.05, 0.1) is 44.8 Å². The first-order valence-corrected chi connectivity index (χ1v) is 19.9. The molecule has 2 aliphatic heterocycles. The summed E-state index contributed by atoms with van der Waals surface area (Å²) in [6.45, 7) is 0. The zero-order chi connectivity index (χ0) is 36.5. The number of hydrogen-bond donors (Lipinski definition) is 1. The molecule has 3 aliphatic rings. The Labute approximate surface area is 325 Å². The van der Waals surface area contributed by atoms with Crippen molar-refractivity contribution >= 4 is 88.8 Å². The number of thioether (sulfide) groups is 1. The van der Waals surface area contributed by atoms with Crippen LogP contribution in [0.15, 0.2) is 196 Å². The van der Waals surface area contributed by atoms with Crippen LogP contribution in [-0.2, 0) is 0 Å². The molecule has 10 aromatic rings. The fraction of sp³-hybridized carbons (Fsp3) is 0.0200. The first-order chi connectivity index (χ1) is 27.8. The van der Waals surface area contributed by atoms with Crippen LogP contribution in [0.1, 0.15) is 5.56 Å². The highest BCUT2D eigenvalue weighted by Crippen LogP contribution is 2.51. The molecule has 1 unspecified atom stereocenters. The van der Waals surface area contributed by atoms with Gasteiger partial charge in [0, 0.05) is 64.6 Å². The Morgan fingerprint density at radius 1 is 0.500 bits per heavy atom. The second-order valence-corrected chi connectivity index (χ2v) is 15.8. The minimum Gasteiger partial charge on any atom is -0.345 e. The number of aromatic nitrogens is 3. The summed E-state index contributed by atoms with van der Waals surface area (Å²) < 4.78 is 7.40. The molecule has 0 saturated carbocycles. The zero-order valence-corrected chi connectivity index (χ0v) is 30.8. The third-order valence-corrected chi connectivity index (χ3v) is 13.0. The van der Waals surface area contributed by atoms with Crippen molar-refractivity contribution in [1.29, 1.82) is 0 Å². The average molecular weight is 734 g/mol. The highest BCUT2D eigenvalue weighted by atomic mass is 32.2. The topological polar surface area (TPSA) is 39.2 Å². The average Bonchev–Trinajstić information content (AvgIpc) is 3.90. The number of para-hydroxylation sites is 5. The van der Waals surface area contributed by atoms with Crippen LogP contribution < -0.4 is 5.32 Å². The summed E-state index contributed by atoms with van der Waals surface area (Å²) in [5, 5.41) is 11.3. The molecular formula is C50H31N5S. The largest absolute Gasteiger partial charge is 0.345 e. The Hall–Kier alpha value is -7.02. The van der Waals surface area contributed by atoms with Crippen LogP contribution in [0.5, 0.6) is 0 Å². The zero-order valence-electron chi connectivity index (χ0n) is 30.0. The summed E-state index contributed by atoms with van der Waals surface area (Å²) >= 11 is 1.84. The lowest BCUT2D eigenvalue weighted by atomic mass is 9.94. The minimum atomic E-state index is -0.0197. The maximum absolute atomic E-state index is 5.67. The van der Waals surface area contributed by atoms with Gasteiger partial charge in [0.2, 0.25) is 5.96 Å². The predicted molar refractivity (Wildman–Crippen MR) is 234 cm³/mol. The lowest BCUT2D eigenvalue weighted by Crippen LogP contribution is -2.43. The molecule has 13 rings (SSSR count). The maximum Gasteiger partial charge on any atom is 0.209 e. The first kappa shape index (κ1) is 30.3. The molecule has 6 heteroatoms. The Bertz CT molecular complexity index is 3470. The molecule has 0 amide bonds.